The number of aromatic nitrogens is 1. The summed E-state index contributed by atoms with van der Waals surface area (Å²) in [6.45, 7) is 2.00. The Kier molecular flexibility index (Phi) is 6.22. The molecule has 0 saturated heterocycles. The fraction of sp³-hybridized carbons (Fsp3) is 0.364. The summed E-state index contributed by atoms with van der Waals surface area (Å²) in [7, 11) is -3.54. The van der Waals surface area contributed by atoms with Gasteiger partial charge in [0.25, 0.3) is 0 Å². The van der Waals surface area contributed by atoms with Gasteiger partial charge in [0.2, 0.25) is 10.0 Å². The van der Waals surface area contributed by atoms with E-state index in [1.807, 2.05) is 6.08 Å². The minimum Gasteiger partial charge on any atom is -0.313 e. The van der Waals surface area contributed by atoms with Crippen LogP contribution in [0, 0.1) is 0 Å². The zero-order valence-corrected chi connectivity index (χ0v) is 12.5. The van der Waals surface area contributed by atoms with Crippen molar-refractivity contribution in [3.8, 4) is 0 Å². The zero-order chi connectivity index (χ0) is 13.0. The van der Waals surface area contributed by atoms with Gasteiger partial charge in [0, 0.05) is 25.5 Å². The molecule has 0 bridgehead atoms. The second-order valence-electron chi connectivity index (χ2n) is 3.98. The molecule has 0 saturated carbocycles. The molecule has 1 aliphatic heterocycles. The molecule has 8 heteroatoms. The maximum atomic E-state index is 12.0. The summed E-state index contributed by atoms with van der Waals surface area (Å²) in [4.78, 5) is 3.86. The van der Waals surface area contributed by atoms with E-state index in [0.29, 0.717) is 11.6 Å². The lowest BCUT2D eigenvalue weighted by atomic mass is 10.1. The van der Waals surface area contributed by atoms with E-state index in [2.05, 4.69) is 15.0 Å². The lowest BCUT2D eigenvalue weighted by Crippen LogP contribution is -2.29. The summed E-state index contributed by atoms with van der Waals surface area (Å²) in [5.41, 5.74) is 1.09. The number of pyridine rings is 1. The fourth-order valence-electron chi connectivity index (χ4n) is 1.64. The van der Waals surface area contributed by atoms with Crippen molar-refractivity contribution in [2.75, 3.05) is 19.6 Å². The average Bonchev–Trinajstić information content (AvgIpc) is 2.38. The van der Waals surface area contributed by atoms with Gasteiger partial charge in [0.1, 0.15) is 4.90 Å². The highest BCUT2D eigenvalue weighted by Gasteiger charge is 2.15. The normalized spacial score (nSPS) is 15.5. The van der Waals surface area contributed by atoms with E-state index in [-0.39, 0.29) is 17.3 Å². The fourth-order valence-corrected chi connectivity index (χ4v) is 2.90. The Balaban J connectivity index is 0.00000180. The van der Waals surface area contributed by atoms with E-state index in [1.165, 1.54) is 18.5 Å². The Morgan fingerprint density at radius 2 is 2.21 bits per heavy atom. The molecule has 0 spiro atoms. The van der Waals surface area contributed by atoms with Crippen LogP contribution in [0.2, 0.25) is 5.02 Å². The first kappa shape index (κ1) is 16.4. The standard InChI is InChI=1S/C11H14ClN3O2S.ClH/c12-10-5-11(8-14-7-10)18(16,17)15-6-9-1-3-13-4-2-9;/h1,5,7-8,13,15H,2-4,6H2;1H. The summed E-state index contributed by atoms with van der Waals surface area (Å²) >= 11 is 5.73. The predicted molar refractivity (Wildman–Crippen MR) is 77.3 cm³/mol. The van der Waals surface area contributed by atoms with Gasteiger partial charge in [-0.25, -0.2) is 13.1 Å². The van der Waals surface area contributed by atoms with Gasteiger partial charge in [-0.15, -0.1) is 12.4 Å². The van der Waals surface area contributed by atoms with Crippen molar-refractivity contribution in [2.24, 2.45) is 0 Å². The molecule has 1 aromatic rings. The Morgan fingerprint density at radius 3 is 2.84 bits per heavy atom. The van der Waals surface area contributed by atoms with Crippen molar-refractivity contribution in [3.63, 3.8) is 0 Å². The third-order valence-electron chi connectivity index (χ3n) is 2.64. The summed E-state index contributed by atoms with van der Waals surface area (Å²) in [6, 6.07) is 1.38. The topological polar surface area (TPSA) is 71.1 Å². The van der Waals surface area contributed by atoms with E-state index in [9.17, 15) is 8.42 Å². The van der Waals surface area contributed by atoms with Crippen molar-refractivity contribution in [1.29, 1.82) is 0 Å². The van der Waals surface area contributed by atoms with E-state index in [0.717, 1.165) is 25.1 Å². The Hall–Kier alpha value is -0.660. The maximum Gasteiger partial charge on any atom is 0.242 e. The van der Waals surface area contributed by atoms with E-state index >= 15 is 0 Å². The van der Waals surface area contributed by atoms with Crippen molar-refractivity contribution < 1.29 is 8.42 Å². The van der Waals surface area contributed by atoms with Gasteiger partial charge >= 0.3 is 0 Å². The van der Waals surface area contributed by atoms with Crippen LogP contribution in [0.4, 0.5) is 0 Å². The second kappa shape index (κ2) is 7.21. The minimum atomic E-state index is -3.54. The van der Waals surface area contributed by atoms with E-state index in [1.54, 1.807) is 0 Å². The molecule has 0 unspecified atom stereocenters. The van der Waals surface area contributed by atoms with Gasteiger partial charge in [-0.05, 0) is 19.0 Å². The number of sulfonamides is 1. The van der Waals surface area contributed by atoms with Crippen LogP contribution in [-0.2, 0) is 10.0 Å². The number of halogens is 2. The van der Waals surface area contributed by atoms with Crippen molar-refractivity contribution >= 4 is 34.0 Å². The molecule has 0 aromatic carbocycles. The van der Waals surface area contributed by atoms with Crippen LogP contribution in [-0.4, -0.2) is 33.0 Å². The molecule has 5 nitrogen and oxygen atoms in total. The van der Waals surface area contributed by atoms with Gasteiger partial charge in [-0.1, -0.05) is 23.3 Å². The highest BCUT2D eigenvalue weighted by Crippen LogP contribution is 2.13. The Labute approximate surface area is 123 Å². The van der Waals surface area contributed by atoms with Gasteiger partial charge in [0.15, 0.2) is 0 Å². The molecule has 0 fully saturated rings. The van der Waals surface area contributed by atoms with Crippen LogP contribution in [0.15, 0.2) is 35.0 Å². The second-order valence-corrected chi connectivity index (χ2v) is 6.18. The monoisotopic (exact) mass is 323 g/mol. The highest BCUT2D eigenvalue weighted by molar-refractivity contribution is 7.89. The van der Waals surface area contributed by atoms with Crippen LogP contribution in [0.1, 0.15) is 6.42 Å². The number of nitrogens with zero attached hydrogens (tertiary/aromatic N) is 1. The molecule has 0 amide bonds. The third kappa shape index (κ3) is 4.74. The summed E-state index contributed by atoms with van der Waals surface area (Å²) in [5.74, 6) is 0. The molecule has 2 rings (SSSR count). The molecule has 19 heavy (non-hydrogen) atoms. The van der Waals surface area contributed by atoms with Crippen molar-refractivity contribution in [3.05, 3.63) is 35.1 Å². The lowest BCUT2D eigenvalue weighted by molar-refractivity contribution is 0.582. The summed E-state index contributed by atoms with van der Waals surface area (Å²) < 4.78 is 26.5. The molecule has 1 aromatic heterocycles. The minimum absolute atomic E-state index is 0. The maximum absolute atomic E-state index is 12.0. The number of nitrogens with one attached hydrogen (secondary N) is 2. The first-order valence-electron chi connectivity index (χ1n) is 5.57. The smallest absolute Gasteiger partial charge is 0.242 e. The highest BCUT2D eigenvalue weighted by atomic mass is 35.5. The van der Waals surface area contributed by atoms with Crippen LogP contribution >= 0.6 is 24.0 Å². The molecule has 1 aliphatic rings. The number of hydrogen-bond donors (Lipinski definition) is 2. The van der Waals surface area contributed by atoms with Gasteiger partial charge in [-0.3, -0.25) is 4.98 Å². The Morgan fingerprint density at radius 1 is 1.42 bits per heavy atom. The van der Waals surface area contributed by atoms with Crippen LogP contribution in [0.3, 0.4) is 0 Å². The SMILES string of the molecule is Cl.O=S(=O)(NCC1=CCNCC1)c1cncc(Cl)c1. The zero-order valence-electron chi connectivity index (χ0n) is 10.1. The first-order valence-corrected chi connectivity index (χ1v) is 7.43. The van der Waals surface area contributed by atoms with Gasteiger partial charge in [0.05, 0.1) is 5.02 Å². The Bertz CT molecular complexity index is 561. The summed E-state index contributed by atoms with van der Waals surface area (Å²) in [6.07, 6.45) is 5.54. The van der Waals surface area contributed by atoms with E-state index < -0.39 is 10.0 Å². The molecule has 0 atom stereocenters. The predicted octanol–water partition coefficient (Wildman–Crippen LogP) is 1.35. The summed E-state index contributed by atoms with van der Waals surface area (Å²) in [5, 5.41) is 3.47. The lowest BCUT2D eigenvalue weighted by Gasteiger charge is -2.14. The molecule has 0 radical (unpaired) electrons. The number of rotatable bonds is 4. The molecule has 0 aliphatic carbocycles. The van der Waals surface area contributed by atoms with Crippen LogP contribution in [0.5, 0.6) is 0 Å². The van der Waals surface area contributed by atoms with Crippen LogP contribution < -0.4 is 10.0 Å². The molecule has 2 heterocycles. The van der Waals surface area contributed by atoms with Crippen LogP contribution in [0.25, 0.3) is 0 Å². The van der Waals surface area contributed by atoms with E-state index in [4.69, 9.17) is 11.6 Å². The largest absolute Gasteiger partial charge is 0.313 e. The first-order chi connectivity index (χ1) is 8.58. The molecular formula is C11H15Cl2N3O2S. The van der Waals surface area contributed by atoms with Crippen molar-refractivity contribution in [1.82, 2.24) is 15.0 Å². The molecular weight excluding hydrogens is 309 g/mol. The van der Waals surface area contributed by atoms with Crippen molar-refractivity contribution in [2.45, 2.75) is 11.3 Å². The molecule has 2 N–H and O–H groups in total. The third-order valence-corrected chi connectivity index (χ3v) is 4.21. The quantitative estimate of drug-likeness (QED) is 0.821. The van der Waals surface area contributed by atoms with Gasteiger partial charge in [-0.2, -0.15) is 0 Å². The molecule has 106 valence electrons. The number of hydrogen-bond acceptors (Lipinski definition) is 4. The van der Waals surface area contributed by atoms with Gasteiger partial charge < -0.3 is 5.32 Å². The average molecular weight is 324 g/mol.